The molecule has 1 aromatic heterocycles. The van der Waals surface area contributed by atoms with Gasteiger partial charge in [-0.05, 0) is 36.2 Å². The van der Waals surface area contributed by atoms with Crippen molar-refractivity contribution in [2.75, 3.05) is 7.11 Å². The summed E-state index contributed by atoms with van der Waals surface area (Å²) in [5.74, 6) is 1.16. The highest BCUT2D eigenvalue weighted by Crippen LogP contribution is 2.39. The second-order valence-corrected chi connectivity index (χ2v) is 5.01. The van der Waals surface area contributed by atoms with E-state index >= 15 is 0 Å². The molecule has 1 heterocycles. The quantitative estimate of drug-likeness (QED) is 0.925. The minimum absolute atomic E-state index is 0.277. The van der Waals surface area contributed by atoms with Crippen molar-refractivity contribution in [3.63, 3.8) is 0 Å². The van der Waals surface area contributed by atoms with Gasteiger partial charge in [-0.15, -0.1) is 0 Å². The molecule has 0 spiro atoms. The molecular formula is C16H15N3O. The van der Waals surface area contributed by atoms with Gasteiger partial charge in [0.05, 0.1) is 24.4 Å². The number of pyridine rings is 1. The molecule has 0 amide bonds. The van der Waals surface area contributed by atoms with Gasteiger partial charge in [0.25, 0.3) is 0 Å². The number of hydrogen-bond donors (Lipinski definition) is 1. The van der Waals surface area contributed by atoms with Gasteiger partial charge in [-0.2, -0.15) is 5.26 Å². The average molecular weight is 265 g/mol. The van der Waals surface area contributed by atoms with Crippen molar-refractivity contribution in [2.45, 2.75) is 18.4 Å². The van der Waals surface area contributed by atoms with Crippen molar-refractivity contribution < 1.29 is 4.74 Å². The molecule has 20 heavy (non-hydrogen) atoms. The number of nitrogens with two attached hydrogens (primary N) is 1. The predicted octanol–water partition coefficient (Wildman–Crippen LogP) is 2.44. The van der Waals surface area contributed by atoms with Crippen LogP contribution in [0.15, 0.2) is 36.5 Å². The van der Waals surface area contributed by atoms with Crippen LogP contribution in [0.25, 0.3) is 11.3 Å². The first-order valence-electron chi connectivity index (χ1n) is 6.53. The lowest BCUT2D eigenvalue weighted by Gasteiger charge is -2.09. The van der Waals surface area contributed by atoms with Crippen LogP contribution in [0.4, 0.5) is 0 Å². The smallest absolute Gasteiger partial charge is 0.128 e. The normalized spacial score (nSPS) is 20.2. The number of nitrogens with zero attached hydrogens (tertiary/aromatic N) is 2. The molecule has 0 unspecified atom stereocenters. The molecule has 1 aromatic carbocycles. The second kappa shape index (κ2) is 4.95. The SMILES string of the molecule is COc1ccc(C#N)cc1-c1ccc([C@@H]2C[C@H]2N)cn1. The molecule has 0 radical (unpaired) electrons. The van der Waals surface area contributed by atoms with Crippen LogP contribution in [0.5, 0.6) is 5.75 Å². The first-order chi connectivity index (χ1) is 9.72. The lowest BCUT2D eigenvalue weighted by atomic mass is 10.1. The predicted molar refractivity (Wildman–Crippen MR) is 76.3 cm³/mol. The van der Waals surface area contributed by atoms with Crippen molar-refractivity contribution in [1.29, 1.82) is 5.26 Å². The van der Waals surface area contributed by atoms with Gasteiger partial charge in [-0.1, -0.05) is 6.07 Å². The number of aromatic nitrogens is 1. The maximum atomic E-state index is 9.00. The summed E-state index contributed by atoms with van der Waals surface area (Å²) in [4.78, 5) is 4.48. The molecular weight excluding hydrogens is 250 g/mol. The molecule has 2 atom stereocenters. The van der Waals surface area contributed by atoms with Crippen molar-refractivity contribution >= 4 is 0 Å². The van der Waals surface area contributed by atoms with Gasteiger partial charge in [0, 0.05) is 23.7 Å². The third-order valence-corrected chi connectivity index (χ3v) is 3.66. The van der Waals surface area contributed by atoms with Gasteiger partial charge in [0.15, 0.2) is 0 Å². The molecule has 0 saturated heterocycles. The molecule has 1 aliphatic rings. The highest BCUT2D eigenvalue weighted by Gasteiger charge is 2.34. The van der Waals surface area contributed by atoms with E-state index in [0.717, 1.165) is 17.7 Å². The largest absolute Gasteiger partial charge is 0.496 e. The standard InChI is InChI=1S/C16H15N3O/c1-20-16-5-2-10(8-17)6-13(16)15-4-3-11(9-19-15)12-7-14(12)18/h2-6,9,12,14H,7,18H2,1H3/t12-,14+/m0/s1. The highest BCUT2D eigenvalue weighted by atomic mass is 16.5. The van der Waals surface area contributed by atoms with Gasteiger partial charge in [-0.3, -0.25) is 4.98 Å². The van der Waals surface area contributed by atoms with Gasteiger partial charge >= 0.3 is 0 Å². The number of benzene rings is 1. The minimum atomic E-state index is 0.277. The van der Waals surface area contributed by atoms with E-state index in [1.807, 2.05) is 12.3 Å². The van der Waals surface area contributed by atoms with E-state index in [1.165, 1.54) is 5.56 Å². The van der Waals surface area contributed by atoms with Crippen molar-refractivity contribution in [1.82, 2.24) is 4.98 Å². The Morgan fingerprint density at radius 2 is 2.15 bits per heavy atom. The zero-order chi connectivity index (χ0) is 14.1. The summed E-state index contributed by atoms with van der Waals surface area (Å²) >= 11 is 0. The Bertz CT molecular complexity index is 673. The Morgan fingerprint density at radius 3 is 2.70 bits per heavy atom. The Kier molecular flexibility index (Phi) is 3.13. The molecule has 1 fully saturated rings. The molecule has 1 aliphatic carbocycles. The maximum absolute atomic E-state index is 9.00. The summed E-state index contributed by atoms with van der Waals surface area (Å²) in [6.07, 6.45) is 2.90. The van der Waals surface area contributed by atoms with Gasteiger partial charge < -0.3 is 10.5 Å². The molecule has 4 heteroatoms. The highest BCUT2D eigenvalue weighted by molar-refractivity contribution is 5.69. The van der Waals surface area contributed by atoms with Crippen LogP contribution in [0.3, 0.4) is 0 Å². The monoisotopic (exact) mass is 265 g/mol. The topological polar surface area (TPSA) is 71.9 Å². The third kappa shape index (κ3) is 2.24. The van der Waals surface area contributed by atoms with Crippen LogP contribution >= 0.6 is 0 Å². The zero-order valence-electron chi connectivity index (χ0n) is 11.2. The number of nitriles is 1. The molecule has 3 rings (SSSR count). The van der Waals surface area contributed by atoms with Crippen LogP contribution in [-0.2, 0) is 0 Å². The average Bonchev–Trinajstić information content (AvgIpc) is 3.23. The van der Waals surface area contributed by atoms with Crippen molar-refractivity contribution in [3.05, 3.63) is 47.7 Å². The van der Waals surface area contributed by atoms with E-state index in [1.54, 1.807) is 25.3 Å². The van der Waals surface area contributed by atoms with E-state index in [0.29, 0.717) is 17.2 Å². The Morgan fingerprint density at radius 1 is 1.35 bits per heavy atom. The van der Waals surface area contributed by atoms with Crippen LogP contribution < -0.4 is 10.5 Å². The Balaban J connectivity index is 1.97. The van der Waals surface area contributed by atoms with Crippen molar-refractivity contribution in [3.8, 4) is 23.1 Å². The molecule has 4 nitrogen and oxygen atoms in total. The number of hydrogen-bond acceptors (Lipinski definition) is 4. The van der Waals surface area contributed by atoms with Gasteiger partial charge in [0.2, 0.25) is 0 Å². The van der Waals surface area contributed by atoms with Crippen LogP contribution in [0, 0.1) is 11.3 Å². The van der Waals surface area contributed by atoms with Crippen LogP contribution in [0.1, 0.15) is 23.5 Å². The molecule has 2 N–H and O–H groups in total. The molecule has 0 aliphatic heterocycles. The maximum Gasteiger partial charge on any atom is 0.128 e. The van der Waals surface area contributed by atoms with E-state index in [2.05, 4.69) is 17.1 Å². The summed E-state index contributed by atoms with van der Waals surface area (Å²) in [6, 6.07) is 11.7. The summed E-state index contributed by atoms with van der Waals surface area (Å²) in [5, 5.41) is 9.00. The Labute approximate surface area is 117 Å². The summed E-state index contributed by atoms with van der Waals surface area (Å²) in [6.45, 7) is 0. The fraction of sp³-hybridized carbons (Fsp3) is 0.250. The van der Waals surface area contributed by atoms with Crippen LogP contribution in [-0.4, -0.2) is 18.1 Å². The molecule has 1 saturated carbocycles. The van der Waals surface area contributed by atoms with E-state index in [4.69, 9.17) is 15.7 Å². The first kappa shape index (κ1) is 12.6. The van der Waals surface area contributed by atoms with E-state index < -0.39 is 0 Å². The number of methoxy groups -OCH3 is 1. The fourth-order valence-corrected chi connectivity index (χ4v) is 2.36. The van der Waals surface area contributed by atoms with Crippen molar-refractivity contribution in [2.24, 2.45) is 5.73 Å². The third-order valence-electron chi connectivity index (χ3n) is 3.66. The van der Waals surface area contributed by atoms with Gasteiger partial charge in [-0.25, -0.2) is 0 Å². The number of ether oxygens (including phenoxy) is 1. The van der Waals surface area contributed by atoms with Crippen LogP contribution in [0.2, 0.25) is 0 Å². The summed E-state index contributed by atoms with van der Waals surface area (Å²) in [5.41, 5.74) is 9.25. The molecule has 100 valence electrons. The molecule has 0 bridgehead atoms. The second-order valence-electron chi connectivity index (χ2n) is 5.01. The summed E-state index contributed by atoms with van der Waals surface area (Å²) < 4.78 is 5.34. The van der Waals surface area contributed by atoms with E-state index in [-0.39, 0.29) is 6.04 Å². The van der Waals surface area contributed by atoms with Gasteiger partial charge in [0.1, 0.15) is 5.75 Å². The fourth-order valence-electron chi connectivity index (χ4n) is 2.36. The lowest BCUT2D eigenvalue weighted by molar-refractivity contribution is 0.416. The zero-order valence-corrected chi connectivity index (χ0v) is 11.2. The minimum Gasteiger partial charge on any atom is -0.496 e. The lowest BCUT2D eigenvalue weighted by Crippen LogP contribution is -2.01. The van der Waals surface area contributed by atoms with E-state index in [9.17, 15) is 0 Å². The first-order valence-corrected chi connectivity index (χ1v) is 6.53. The molecule has 2 aromatic rings. The Hall–Kier alpha value is -2.38. The number of rotatable bonds is 3. The summed E-state index contributed by atoms with van der Waals surface area (Å²) in [7, 11) is 1.61.